The van der Waals surface area contributed by atoms with Crippen molar-refractivity contribution < 1.29 is 12.2 Å². The van der Waals surface area contributed by atoms with Crippen LogP contribution in [-0.2, 0) is 9.31 Å². The normalized spacial score (nSPS) is 13.1. The molecule has 11 nitrogen and oxygen atoms in total. The zero-order valence-corrected chi connectivity index (χ0v) is 64.0. The summed E-state index contributed by atoms with van der Waals surface area (Å²) in [4.78, 5) is 18.8. The van der Waals surface area contributed by atoms with E-state index in [4.69, 9.17) is 19.3 Å². The van der Waals surface area contributed by atoms with Gasteiger partial charge in [-0.2, -0.15) is 0 Å². The van der Waals surface area contributed by atoms with Crippen molar-refractivity contribution in [3.05, 3.63) is 373 Å². The number of rotatable bonds is 9. The van der Waals surface area contributed by atoms with Gasteiger partial charge in [-0.15, -0.1) is 0 Å². The number of benzene rings is 13. The molecule has 534 valence electrons. The lowest BCUT2D eigenvalue weighted by atomic mass is 9.79. The minimum absolute atomic E-state index is 0. The van der Waals surface area contributed by atoms with Crippen molar-refractivity contribution >= 4 is 132 Å². The molecular weight excluding hydrogens is 1480 g/mol. The Morgan fingerprint density at radius 2 is 0.618 bits per heavy atom. The third-order valence-electron chi connectivity index (χ3n) is 21.0. The zero-order valence-electron chi connectivity index (χ0n) is 61.8. The minimum Gasteiger partial charge on any atom is -1.00 e. The Bertz CT molecular complexity index is 6660. The summed E-state index contributed by atoms with van der Waals surface area (Å²) < 4.78 is 25.9. The van der Waals surface area contributed by atoms with E-state index >= 15 is 0 Å². The van der Waals surface area contributed by atoms with Crippen LogP contribution in [0.4, 0.5) is 0 Å². The molecule has 20 aromatic rings. The van der Waals surface area contributed by atoms with Crippen LogP contribution in [-0.4, -0.2) is 61.1 Å². The average molecular weight is 1560 g/mol. The highest BCUT2D eigenvalue weighted by Gasteiger charge is 2.51. The van der Waals surface area contributed by atoms with Crippen molar-refractivity contribution in [2.45, 2.75) is 38.9 Å². The Morgan fingerprint density at radius 1 is 0.282 bits per heavy atom. The smallest absolute Gasteiger partial charge is 0.494 e. The summed E-state index contributed by atoms with van der Waals surface area (Å²) in [5.41, 5.74) is 21.4. The molecule has 7 aromatic heterocycles. The van der Waals surface area contributed by atoms with Crippen LogP contribution in [0.5, 0.6) is 0 Å². The predicted octanol–water partition coefficient (Wildman–Crippen LogP) is 24.7. The molecule has 0 amide bonds. The van der Waals surface area contributed by atoms with Crippen LogP contribution in [0.2, 0.25) is 0 Å². The largest absolute Gasteiger partial charge is 1.00 e. The second kappa shape index (κ2) is 29.2. The molecule has 0 saturated carbocycles. The fourth-order valence-corrected chi connectivity index (χ4v) is 16.0. The van der Waals surface area contributed by atoms with Crippen molar-refractivity contribution in [3.63, 3.8) is 0 Å². The first-order valence-electron chi connectivity index (χ1n) is 36.8. The third-order valence-corrected chi connectivity index (χ3v) is 21.9. The molecule has 1 aliphatic heterocycles. The molecule has 0 unspecified atom stereocenters. The summed E-state index contributed by atoms with van der Waals surface area (Å²) in [5, 5.41) is 7.63. The van der Waals surface area contributed by atoms with Crippen molar-refractivity contribution in [1.29, 1.82) is 0 Å². The Kier molecular flexibility index (Phi) is 18.4. The summed E-state index contributed by atoms with van der Waals surface area (Å²) in [6.07, 6.45) is 7.45. The van der Waals surface area contributed by atoms with Gasteiger partial charge in [-0.25, -0.2) is 9.97 Å². The van der Waals surface area contributed by atoms with Crippen LogP contribution in [0.25, 0.3) is 150 Å². The van der Waals surface area contributed by atoms with Gasteiger partial charge < -0.3 is 24.4 Å². The van der Waals surface area contributed by atoms with E-state index in [1.807, 2.05) is 73.2 Å². The molecule has 0 bridgehead atoms. The lowest BCUT2D eigenvalue weighted by molar-refractivity contribution is 0.00578. The number of nitrogens with zero attached hydrogens (tertiary/aromatic N) is 9. The quantitative estimate of drug-likeness (QED) is 0.134. The van der Waals surface area contributed by atoms with Gasteiger partial charge in [0.15, 0.2) is 0 Å². The average Bonchev–Trinajstić information content (AvgIpc) is 1.58. The predicted molar refractivity (Wildman–Crippen MR) is 464 cm³/mol. The standard InChI is InChI=1S/C36H24N4.C24H24BNO2.C18H12BrN3.C18H12BrN.H2.H/c1-2-12-28(13-3-1)40-35-20-9-6-17-32(35)38-36(40)27-21-26(23-37-24-27)25-11-10-14-29(22-25)39-33-18-7-4-15-30(33)31-16-5-8-19-34(31)39;1-23(2)24(3,4)28-25(27-23)17-10-9-11-18(16-17)26-21-14-7-5-12-19(21)20-13-6-8-15-22(20)26;19-14-10-13(11-20-12-14)18-21-16-8-4-5-9-17(16)22(18)15-6-2-1-3-7-15;19-13-6-5-7-14(12-13)20-17-10-3-1-8-15(17)16-9-2-4-11-18(16)20;;/h1-24H;5-16H,1-4H3;1-12H;1-12H;1H;/q;;;;;-1. The second-order valence-corrected chi connectivity index (χ2v) is 30.2. The molecule has 1 saturated heterocycles. The summed E-state index contributed by atoms with van der Waals surface area (Å²) >= 11 is 7.05. The number of para-hydroxylation sites is 12. The number of hydrogen-bond donors (Lipinski definition) is 0. The van der Waals surface area contributed by atoms with E-state index in [0.29, 0.717) is 0 Å². The summed E-state index contributed by atoms with van der Waals surface area (Å²) in [5.74, 6) is 1.77. The SMILES string of the molecule is Brc1cccc(-n2c3ccccc3c3ccccc32)c1.Brc1cncc(-c2nc3ccccc3n2-c2ccccc2)c1.CC1(C)OB(c2cccc(-n3c4ccccc4c4ccccc43)c2)OC1(C)C.[H-].[HH].c1ccc(-n2c(-c3cncc(-c4cccc(-n5c6ccccc6c6ccccc65)c4)c3)nc3ccccc32)cc1. The van der Waals surface area contributed by atoms with E-state index in [2.05, 4.69) is 377 Å². The maximum absolute atomic E-state index is 6.27. The molecule has 0 aliphatic carbocycles. The number of aromatic nitrogens is 9. The lowest BCUT2D eigenvalue weighted by Crippen LogP contribution is -2.41. The molecule has 110 heavy (non-hydrogen) atoms. The van der Waals surface area contributed by atoms with Crippen LogP contribution in [0, 0.1) is 0 Å². The van der Waals surface area contributed by atoms with Gasteiger partial charge in [0.25, 0.3) is 0 Å². The fraction of sp³-hybridized carbons (Fsp3) is 0.0625. The first-order chi connectivity index (χ1) is 53.9. The second-order valence-electron chi connectivity index (χ2n) is 28.4. The maximum Gasteiger partial charge on any atom is 0.494 e. The molecule has 21 rings (SSSR count). The van der Waals surface area contributed by atoms with Crippen LogP contribution >= 0.6 is 31.9 Å². The topological polar surface area (TPSA) is 94.7 Å². The first kappa shape index (κ1) is 69.2. The molecule has 13 aromatic carbocycles. The van der Waals surface area contributed by atoms with Crippen LogP contribution in [0.1, 0.15) is 30.5 Å². The number of imidazole rings is 2. The van der Waals surface area contributed by atoms with Gasteiger partial charge in [0.1, 0.15) is 11.6 Å². The number of fused-ring (bicyclic) bond motifs is 11. The molecule has 1 aliphatic rings. The molecule has 0 N–H and O–H groups in total. The van der Waals surface area contributed by atoms with E-state index in [1.165, 1.54) is 71.1 Å². The Hall–Kier alpha value is -12.6. The Balaban J connectivity index is 0.000000117. The molecular formula is C96H75BBr2N9O2-. The van der Waals surface area contributed by atoms with Crippen molar-refractivity contribution in [2.24, 2.45) is 0 Å². The zero-order chi connectivity index (χ0) is 74.5. The lowest BCUT2D eigenvalue weighted by Gasteiger charge is -2.32. The van der Waals surface area contributed by atoms with Gasteiger partial charge in [0.05, 0.1) is 66.4 Å². The van der Waals surface area contributed by atoms with E-state index in [1.54, 1.807) is 6.20 Å². The van der Waals surface area contributed by atoms with E-state index in [-0.39, 0.29) is 21.2 Å². The van der Waals surface area contributed by atoms with Gasteiger partial charge >= 0.3 is 7.12 Å². The van der Waals surface area contributed by atoms with Crippen molar-refractivity contribution in [3.8, 4) is 62.3 Å². The number of halogens is 2. The minimum atomic E-state index is -0.363. The molecule has 0 radical (unpaired) electrons. The highest BCUT2D eigenvalue weighted by atomic mass is 79.9. The highest BCUT2D eigenvalue weighted by Crippen LogP contribution is 2.40. The molecule has 14 heteroatoms. The third kappa shape index (κ3) is 12.9. The van der Waals surface area contributed by atoms with Crippen LogP contribution in [0.15, 0.2) is 373 Å². The van der Waals surface area contributed by atoms with Crippen LogP contribution < -0.4 is 5.46 Å². The van der Waals surface area contributed by atoms with Gasteiger partial charge in [0.2, 0.25) is 0 Å². The summed E-state index contributed by atoms with van der Waals surface area (Å²) in [7, 11) is -0.363. The summed E-state index contributed by atoms with van der Waals surface area (Å²) in [6.45, 7) is 8.35. The Labute approximate surface area is 657 Å². The van der Waals surface area contributed by atoms with Crippen molar-refractivity contribution in [2.75, 3.05) is 0 Å². The van der Waals surface area contributed by atoms with E-state index < -0.39 is 0 Å². The van der Waals surface area contributed by atoms with Gasteiger partial charge in [-0.1, -0.05) is 216 Å². The molecule has 1 fully saturated rings. The van der Waals surface area contributed by atoms with Crippen molar-refractivity contribution in [1.82, 2.24) is 42.8 Å². The maximum atomic E-state index is 6.27. The van der Waals surface area contributed by atoms with Gasteiger partial charge in [0, 0.05) is 113 Å². The fourth-order valence-electron chi connectivity index (χ4n) is 15.2. The first-order valence-corrected chi connectivity index (χ1v) is 38.4. The summed E-state index contributed by atoms with van der Waals surface area (Å²) in [6, 6.07) is 118. The van der Waals surface area contributed by atoms with E-state index in [0.717, 1.165) is 93.1 Å². The Morgan fingerprint density at radius 3 is 1.05 bits per heavy atom. The number of hydrogen-bond acceptors (Lipinski definition) is 6. The molecule has 8 heterocycles. The molecule has 0 atom stereocenters. The van der Waals surface area contributed by atoms with Gasteiger partial charge in [-0.05, 0) is 194 Å². The monoisotopic (exact) mass is 1550 g/mol. The van der Waals surface area contributed by atoms with E-state index in [9.17, 15) is 0 Å². The van der Waals surface area contributed by atoms with Crippen LogP contribution in [0.3, 0.4) is 0 Å². The highest BCUT2D eigenvalue weighted by molar-refractivity contribution is 9.10. The van der Waals surface area contributed by atoms with Gasteiger partial charge in [-0.3, -0.25) is 19.1 Å². The number of pyridine rings is 2. The molecule has 0 spiro atoms.